The van der Waals surface area contributed by atoms with Gasteiger partial charge in [0, 0.05) is 10.9 Å². The number of thiophene rings is 1. The highest BCUT2D eigenvalue weighted by molar-refractivity contribution is 7.94. The average molecular weight is 510 g/mol. The summed E-state index contributed by atoms with van der Waals surface area (Å²) in [7, 11) is -2.70. The number of halogens is 1. The molecule has 0 bridgehead atoms. The van der Waals surface area contributed by atoms with Gasteiger partial charge in [0.25, 0.3) is 10.0 Å². The van der Waals surface area contributed by atoms with Gasteiger partial charge in [-0.1, -0.05) is 38.5 Å². The zero-order chi connectivity index (χ0) is 24.3. The van der Waals surface area contributed by atoms with Crippen LogP contribution in [0.25, 0.3) is 0 Å². The van der Waals surface area contributed by atoms with Gasteiger partial charge in [0.1, 0.15) is 15.8 Å². The zero-order valence-electron chi connectivity index (χ0n) is 19.4. The molecule has 0 amide bonds. The Kier molecular flexibility index (Phi) is 7.82. The van der Waals surface area contributed by atoms with Crippen molar-refractivity contribution in [3.8, 4) is 5.75 Å². The van der Waals surface area contributed by atoms with Crippen molar-refractivity contribution < 1.29 is 27.4 Å². The van der Waals surface area contributed by atoms with Gasteiger partial charge < -0.3 is 9.84 Å². The molecule has 2 aliphatic carbocycles. The highest BCUT2D eigenvalue weighted by Gasteiger charge is 2.30. The highest BCUT2D eigenvalue weighted by atomic mass is 32.2. The number of nitrogens with one attached hydrogen (secondary N) is 1. The second-order valence-corrected chi connectivity index (χ2v) is 12.5. The minimum absolute atomic E-state index is 0.0593. The van der Waals surface area contributed by atoms with Gasteiger partial charge in [-0.05, 0) is 61.6 Å². The van der Waals surface area contributed by atoms with Gasteiger partial charge in [0.15, 0.2) is 0 Å². The van der Waals surface area contributed by atoms with Crippen LogP contribution in [0, 0.1) is 17.7 Å². The largest absolute Gasteiger partial charge is 0.495 e. The smallest absolute Gasteiger partial charge is 0.338 e. The lowest BCUT2D eigenvalue weighted by Crippen LogP contribution is -2.20. The molecule has 4 rings (SSSR count). The average Bonchev–Trinajstić information content (AvgIpc) is 3.16. The van der Waals surface area contributed by atoms with E-state index in [0.29, 0.717) is 5.92 Å². The number of sulfonamides is 1. The number of benzene rings is 1. The predicted octanol–water partition coefficient (Wildman–Crippen LogP) is 6.64. The normalized spacial score (nSPS) is 22.2. The van der Waals surface area contributed by atoms with Crippen LogP contribution in [0.4, 0.5) is 10.1 Å². The number of carboxylic acids is 1. The third-order valence-corrected chi connectivity index (χ3v) is 10.5. The number of carbonyl (C=O) groups is 1. The summed E-state index contributed by atoms with van der Waals surface area (Å²) in [5, 5.41) is 9.08. The van der Waals surface area contributed by atoms with Crippen LogP contribution < -0.4 is 9.46 Å². The van der Waals surface area contributed by atoms with Crippen LogP contribution in [0.15, 0.2) is 28.5 Å². The van der Waals surface area contributed by atoms with E-state index in [0.717, 1.165) is 41.7 Å². The van der Waals surface area contributed by atoms with Crippen LogP contribution in [0.3, 0.4) is 0 Å². The van der Waals surface area contributed by atoms with Crippen molar-refractivity contribution in [1.29, 1.82) is 0 Å². The maximum absolute atomic E-state index is 14.2. The molecule has 0 spiro atoms. The first kappa shape index (κ1) is 25.0. The van der Waals surface area contributed by atoms with E-state index in [1.54, 1.807) is 6.07 Å². The molecule has 2 aromatic rings. The van der Waals surface area contributed by atoms with Crippen molar-refractivity contribution in [3.05, 3.63) is 40.5 Å². The zero-order valence-corrected chi connectivity index (χ0v) is 21.0. The quantitative estimate of drug-likeness (QED) is 0.408. The lowest BCUT2D eigenvalue weighted by Gasteiger charge is -2.33. The number of hydrogen-bond donors (Lipinski definition) is 2. The molecule has 2 aliphatic rings. The van der Waals surface area contributed by atoms with E-state index in [1.165, 1.54) is 69.8 Å². The van der Waals surface area contributed by atoms with Gasteiger partial charge in [-0.15, -0.1) is 11.3 Å². The number of methoxy groups -OCH3 is 1. The summed E-state index contributed by atoms with van der Waals surface area (Å²) in [6, 6.07) is 5.29. The fourth-order valence-electron chi connectivity index (χ4n) is 5.52. The second kappa shape index (κ2) is 10.6. The third-order valence-electron chi connectivity index (χ3n) is 7.37. The van der Waals surface area contributed by atoms with Gasteiger partial charge in [0.05, 0.1) is 18.4 Å². The Balaban J connectivity index is 1.44. The van der Waals surface area contributed by atoms with Crippen LogP contribution in [0.1, 0.15) is 85.4 Å². The van der Waals surface area contributed by atoms with E-state index in [-0.39, 0.29) is 15.6 Å². The number of ether oxygens (including phenoxy) is 1. The number of anilines is 1. The van der Waals surface area contributed by atoms with Gasteiger partial charge in [-0.2, -0.15) is 0 Å². The summed E-state index contributed by atoms with van der Waals surface area (Å²) in [4.78, 5) is 12.2. The van der Waals surface area contributed by atoms with Crippen molar-refractivity contribution in [1.82, 2.24) is 0 Å². The Morgan fingerprint density at radius 2 is 1.68 bits per heavy atom. The maximum atomic E-state index is 14.2. The Hall–Kier alpha value is -2.13. The van der Waals surface area contributed by atoms with Crippen LogP contribution in [0.2, 0.25) is 0 Å². The fourth-order valence-corrected chi connectivity index (χ4v) is 8.07. The topological polar surface area (TPSA) is 92.7 Å². The van der Waals surface area contributed by atoms with Crippen LogP contribution in [-0.2, 0) is 10.0 Å². The van der Waals surface area contributed by atoms with Crippen LogP contribution in [0.5, 0.6) is 5.75 Å². The Labute approximate surface area is 204 Å². The first-order chi connectivity index (χ1) is 16.3. The molecule has 0 radical (unpaired) electrons. The number of aromatic carboxylic acids is 1. The summed E-state index contributed by atoms with van der Waals surface area (Å²) in [6.45, 7) is 0. The molecule has 34 heavy (non-hydrogen) atoms. The van der Waals surface area contributed by atoms with E-state index in [4.69, 9.17) is 9.84 Å². The van der Waals surface area contributed by atoms with Crippen LogP contribution in [-0.4, -0.2) is 26.6 Å². The molecule has 2 N–H and O–H groups in total. The Morgan fingerprint density at radius 1 is 1.03 bits per heavy atom. The minimum atomic E-state index is -3.97. The lowest BCUT2D eigenvalue weighted by molar-refractivity contribution is 0.0691. The highest BCUT2D eigenvalue weighted by Crippen LogP contribution is 2.44. The molecule has 6 nitrogen and oxygen atoms in total. The van der Waals surface area contributed by atoms with E-state index in [9.17, 15) is 17.6 Å². The maximum Gasteiger partial charge on any atom is 0.338 e. The van der Waals surface area contributed by atoms with Gasteiger partial charge in [0.2, 0.25) is 0 Å². The summed E-state index contributed by atoms with van der Waals surface area (Å²) >= 11 is 1.25. The summed E-state index contributed by atoms with van der Waals surface area (Å²) in [5.74, 6) is -0.524. The van der Waals surface area contributed by atoms with Crippen molar-refractivity contribution in [2.24, 2.45) is 11.8 Å². The first-order valence-corrected chi connectivity index (χ1v) is 14.3. The van der Waals surface area contributed by atoms with Crippen molar-refractivity contribution in [3.63, 3.8) is 0 Å². The standard InChI is InChI=1S/C25H32FNO5S2/c1-32-22-14-19(25(28)29)20(26)15-21(22)27-34(30,31)24-13-12-23(33-24)18-10-8-17(9-11-18)16-6-4-2-3-5-7-16/h12-18,27H,2-11H2,1H3,(H,28,29). The summed E-state index contributed by atoms with van der Waals surface area (Å²) < 4.78 is 47.7. The van der Waals surface area contributed by atoms with Crippen LogP contribution >= 0.6 is 11.3 Å². The molecule has 2 fully saturated rings. The lowest BCUT2D eigenvalue weighted by atomic mass is 9.73. The van der Waals surface area contributed by atoms with Crippen molar-refractivity contribution >= 4 is 33.0 Å². The molecule has 0 unspecified atom stereocenters. The molecule has 1 heterocycles. The van der Waals surface area contributed by atoms with Gasteiger partial charge in [-0.25, -0.2) is 17.6 Å². The van der Waals surface area contributed by atoms with E-state index >= 15 is 0 Å². The molecule has 1 aromatic heterocycles. The molecule has 186 valence electrons. The fraction of sp³-hybridized carbons (Fsp3) is 0.560. The monoisotopic (exact) mass is 509 g/mol. The van der Waals surface area contributed by atoms with Gasteiger partial charge in [-0.3, -0.25) is 4.72 Å². The number of rotatable bonds is 7. The summed E-state index contributed by atoms with van der Waals surface area (Å²) in [6.07, 6.45) is 12.8. The summed E-state index contributed by atoms with van der Waals surface area (Å²) in [5.41, 5.74) is -0.721. The second-order valence-electron chi connectivity index (χ2n) is 9.46. The predicted molar refractivity (Wildman–Crippen MR) is 131 cm³/mol. The van der Waals surface area contributed by atoms with Crippen molar-refractivity contribution in [2.45, 2.75) is 74.3 Å². The SMILES string of the molecule is COc1cc(C(=O)O)c(F)cc1NS(=O)(=O)c1ccc(C2CCC(C3CCCCCC3)CC2)s1. The molecule has 0 saturated heterocycles. The van der Waals surface area contributed by atoms with E-state index in [2.05, 4.69) is 4.72 Å². The number of hydrogen-bond acceptors (Lipinski definition) is 5. The van der Waals surface area contributed by atoms with E-state index in [1.807, 2.05) is 6.07 Å². The number of carboxylic acid groups (broad SMARTS) is 1. The molecule has 0 aliphatic heterocycles. The molecular weight excluding hydrogens is 477 g/mol. The minimum Gasteiger partial charge on any atom is -0.495 e. The van der Waals surface area contributed by atoms with Gasteiger partial charge >= 0.3 is 5.97 Å². The molecule has 0 atom stereocenters. The van der Waals surface area contributed by atoms with E-state index < -0.39 is 27.4 Å². The first-order valence-electron chi connectivity index (χ1n) is 12.0. The molecule has 9 heteroatoms. The molecular formula is C25H32FNO5S2. The molecule has 1 aromatic carbocycles. The van der Waals surface area contributed by atoms with Crippen molar-refractivity contribution in [2.75, 3.05) is 11.8 Å². The Bertz CT molecular complexity index is 1110. The molecule has 2 saturated carbocycles. The third kappa shape index (κ3) is 5.57. The Morgan fingerprint density at radius 3 is 2.29 bits per heavy atom.